The fourth-order valence-electron chi connectivity index (χ4n) is 2.58. The van der Waals surface area contributed by atoms with Crippen LogP contribution in [0.5, 0.6) is 5.75 Å². The van der Waals surface area contributed by atoms with Crippen LogP contribution in [-0.2, 0) is 13.1 Å². The molecular formula is C20H23N3O2. The molecule has 3 rings (SSSR count). The maximum atomic E-state index is 5.86. The van der Waals surface area contributed by atoms with Gasteiger partial charge in [0.1, 0.15) is 5.75 Å². The van der Waals surface area contributed by atoms with Crippen molar-refractivity contribution in [3.05, 3.63) is 66.1 Å². The summed E-state index contributed by atoms with van der Waals surface area (Å²) in [6, 6.07) is 18.4. The van der Waals surface area contributed by atoms with Gasteiger partial charge in [0.05, 0.1) is 13.7 Å². The van der Waals surface area contributed by atoms with Crippen molar-refractivity contribution in [3.63, 3.8) is 0 Å². The first kappa shape index (κ1) is 17.2. The average molecular weight is 337 g/mol. The quantitative estimate of drug-likeness (QED) is 0.648. The summed E-state index contributed by atoms with van der Waals surface area (Å²) < 4.78 is 11.0. The second kappa shape index (κ2) is 7.94. The van der Waals surface area contributed by atoms with Gasteiger partial charge in [0.25, 0.3) is 0 Å². The highest BCUT2D eigenvalue weighted by Gasteiger charge is 2.16. The lowest BCUT2D eigenvalue weighted by Crippen LogP contribution is -2.29. The van der Waals surface area contributed by atoms with Gasteiger partial charge in [0.15, 0.2) is 0 Å². The van der Waals surface area contributed by atoms with Crippen molar-refractivity contribution < 1.29 is 9.15 Å². The van der Waals surface area contributed by atoms with Gasteiger partial charge < -0.3 is 9.15 Å². The summed E-state index contributed by atoms with van der Waals surface area (Å²) in [5, 5.41) is 8.39. The predicted octanol–water partition coefficient (Wildman–Crippen LogP) is 4.16. The first-order valence-electron chi connectivity index (χ1n) is 8.40. The Morgan fingerprint density at radius 3 is 2.32 bits per heavy atom. The summed E-state index contributed by atoms with van der Waals surface area (Å²) in [5.74, 6) is 1.95. The zero-order valence-corrected chi connectivity index (χ0v) is 14.8. The van der Waals surface area contributed by atoms with Crippen LogP contribution in [-0.4, -0.2) is 28.2 Å². The normalized spacial score (nSPS) is 11.2. The molecule has 0 spiro atoms. The monoisotopic (exact) mass is 337 g/mol. The highest BCUT2D eigenvalue weighted by molar-refractivity contribution is 5.53. The average Bonchev–Trinajstić information content (AvgIpc) is 3.10. The minimum absolute atomic E-state index is 0.372. The number of hydrogen-bond donors (Lipinski definition) is 0. The van der Waals surface area contributed by atoms with E-state index in [-0.39, 0.29) is 0 Å². The Hall–Kier alpha value is -2.66. The smallest absolute Gasteiger partial charge is 0.247 e. The van der Waals surface area contributed by atoms with E-state index < -0.39 is 0 Å². The molecule has 0 radical (unpaired) electrons. The molecule has 130 valence electrons. The first-order valence-corrected chi connectivity index (χ1v) is 8.40. The van der Waals surface area contributed by atoms with Crippen LogP contribution < -0.4 is 4.74 Å². The SMILES string of the molecule is COc1ccc(-c2nnc(CN(Cc3ccccc3)C(C)C)o2)cc1. The lowest BCUT2D eigenvalue weighted by Gasteiger charge is -2.24. The molecule has 0 atom stereocenters. The van der Waals surface area contributed by atoms with Gasteiger partial charge in [-0.2, -0.15) is 0 Å². The summed E-state index contributed by atoms with van der Waals surface area (Å²) in [6.07, 6.45) is 0. The number of hydrogen-bond acceptors (Lipinski definition) is 5. The third-order valence-electron chi connectivity index (χ3n) is 4.10. The van der Waals surface area contributed by atoms with E-state index in [0.29, 0.717) is 24.4 Å². The van der Waals surface area contributed by atoms with E-state index in [2.05, 4.69) is 53.2 Å². The van der Waals surface area contributed by atoms with Gasteiger partial charge in [-0.3, -0.25) is 4.90 Å². The molecule has 0 N–H and O–H groups in total. The van der Waals surface area contributed by atoms with E-state index in [0.717, 1.165) is 17.9 Å². The highest BCUT2D eigenvalue weighted by Crippen LogP contribution is 2.22. The Balaban J connectivity index is 1.71. The molecular weight excluding hydrogens is 314 g/mol. The molecule has 25 heavy (non-hydrogen) atoms. The molecule has 0 aliphatic carbocycles. The van der Waals surface area contributed by atoms with Crippen molar-refractivity contribution >= 4 is 0 Å². The van der Waals surface area contributed by atoms with E-state index >= 15 is 0 Å². The topological polar surface area (TPSA) is 51.4 Å². The van der Waals surface area contributed by atoms with Gasteiger partial charge in [0, 0.05) is 18.2 Å². The second-order valence-corrected chi connectivity index (χ2v) is 6.21. The van der Waals surface area contributed by atoms with Crippen molar-refractivity contribution in [1.29, 1.82) is 0 Å². The van der Waals surface area contributed by atoms with Crippen LogP contribution in [0.1, 0.15) is 25.3 Å². The summed E-state index contributed by atoms with van der Waals surface area (Å²) in [4.78, 5) is 2.31. The van der Waals surface area contributed by atoms with Crippen molar-refractivity contribution in [2.45, 2.75) is 33.0 Å². The summed E-state index contributed by atoms with van der Waals surface area (Å²) in [5.41, 5.74) is 2.16. The Morgan fingerprint density at radius 2 is 1.68 bits per heavy atom. The highest BCUT2D eigenvalue weighted by atomic mass is 16.5. The van der Waals surface area contributed by atoms with Crippen LogP contribution in [0.3, 0.4) is 0 Å². The van der Waals surface area contributed by atoms with Crippen molar-refractivity contribution in [2.75, 3.05) is 7.11 Å². The zero-order chi connectivity index (χ0) is 17.6. The molecule has 0 bridgehead atoms. The third kappa shape index (κ3) is 4.45. The maximum Gasteiger partial charge on any atom is 0.247 e. The summed E-state index contributed by atoms with van der Waals surface area (Å²) in [7, 11) is 1.65. The summed E-state index contributed by atoms with van der Waals surface area (Å²) in [6.45, 7) is 5.81. The zero-order valence-electron chi connectivity index (χ0n) is 14.8. The minimum atomic E-state index is 0.372. The fourth-order valence-corrected chi connectivity index (χ4v) is 2.58. The molecule has 0 amide bonds. The second-order valence-electron chi connectivity index (χ2n) is 6.21. The predicted molar refractivity (Wildman–Crippen MR) is 97.1 cm³/mol. The van der Waals surface area contributed by atoms with Crippen LogP contribution in [0, 0.1) is 0 Å². The van der Waals surface area contributed by atoms with Crippen LogP contribution in [0.15, 0.2) is 59.0 Å². The van der Waals surface area contributed by atoms with Crippen LogP contribution in [0.4, 0.5) is 0 Å². The molecule has 5 nitrogen and oxygen atoms in total. The molecule has 2 aromatic carbocycles. The van der Waals surface area contributed by atoms with E-state index in [9.17, 15) is 0 Å². The lowest BCUT2D eigenvalue weighted by atomic mass is 10.2. The van der Waals surface area contributed by atoms with E-state index in [4.69, 9.17) is 9.15 Å². The molecule has 1 aromatic heterocycles. The van der Waals surface area contributed by atoms with Crippen molar-refractivity contribution in [1.82, 2.24) is 15.1 Å². The minimum Gasteiger partial charge on any atom is -0.497 e. The van der Waals surface area contributed by atoms with E-state index in [1.54, 1.807) is 7.11 Å². The summed E-state index contributed by atoms with van der Waals surface area (Å²) >= 11 is 0. The van der Waals surface area contributed by atoms with Gasteiger partial charge in [-0.15, -0.1) is 10.2 Å². The van der Waals surface area contributed by atoms with Crippen molar-refractivity contribution in [3.8, 4) is 17.2 Å². The number of nitrogens with zero attached hydrogens (tertiary/aromatic N) is 3. The van der Waals surface area contributed by atoms with Gasteiger partial charge in [0.2, 0.25) is 11.8 Å². The van der Waals surface area contributed by atoms with E-state index in [1.807, 2.05) is 30.3 Å². The maximum absolute atomic E-state index is 5.86. The number of ether oxygens (including phenoxy) is 1. The Labute approximate surface area is 148 Å². The van der Waals surface area contributed by atoms with Gasteiger partial charge in [-0.1, -0.05) is 30.3 Å². The number of rotatable bonds is 7. The lowest BCUT2D eigenvalue weighted by molar-refractivity contribution is 0.184. The third-order valence-corrected chi connectivity index (χ3v) is 4.10. The van der Waals surface area contributed by atoms with Crippen LogP contribution >= 0.6 is 0 Å². The van der Waals surface area contributed by atoms with Gasteiger partial charge in [-0.25, -0.2) is 0 Å². The number of benzene rings is 2. The Bertz CT molecular complexity index is 782. The molecule has 1 heterocycles. The number of methoxy groups -OCH3 is 1. The first-order chi connectivity index (χ1) is 12.2. The van der Waals surface area contributed by atoms with Crippen LogP contribution in [0.25, 0.3) is 11.5 Å². The van der Waals surface area contributed by atoms with Crippen LogP contribution in [0.2, 0.25) is 0 Å². The Morgan fingerprint density at radius 1 is 0.960 bits per heavy atom. The van der Waals surface area contributed by atoms with Gasteiger partial charge in [-0.05, 0) is 43.7 Å². The van der Waals surface area contributed by atoms with Gasteiger partial charge >= 0.3 is 0 Å². The Kier molecular flexibility index (Phi) is 5.46. The molecule has 0 fully saturated rings. The molecule has 3 aromatic rings. The molecule has 0 unspecified atom stereocenters. The molecule has 0 aliphatic rings. The molecule has 5 heteroatoms. The largest absolute Gasteiger partial charge is 0.497 e. The molecule has 0 saturated heterocycles. The van der Waals surface area contributed by atoms with Crippen molar-refractivity contribution in [2.24, 2.45) is 0 Å². The molecule has 0 aliphatic heterocycles. The standard InChI is InChI=1S/C20H23N3O2/c1-15(2)23(13-16-7-5-4-6-8-16)14-19-21-22-20(25-19)17-9-11-18(24-3)12-10-17/h4-12,15H,13-14H2,1-3H3. The molecule has 0 saturated carbocycles. The van der Waals surface area contributed by atoms with E-state index in [1.165, 1.54) is 5.56 Å². The number of aromatic nitrogens is 2. The fraction of sp³-hybridized carbons (Fsp3) is 0.300.